The predicted molar refractivity (Wildman–Crippen MR) is 107 cm³/mol. The Kier molecular flexibility index (Phi) is 5.31. The van der Waals surface area contributed by atoms with Crippen LogP contribution in [0.3, 0.4) is 0 Å². The minimum atomic E-state index is -4.47. The maximum Gasteiger partial charge on any atom is 0.416 e. The topological polar surface area (TPSA) is 38.1 Å². The van der Waals surface area contributed by atoms with Gasteiger partial charge in [-0.2, -0.15) is 18.3 Å². The Hall–Kier alpha value is -2.45. The summed E-state index contributed by atoms with van der Waals surface area (Å²) in [6, 6.07) is 13.3. The second-order valence-corrected chi connectivity index (χ2v) is 8.00. The molecule has 0 saturated carbocycles. The first-order chi connectivity index (χ1) is 13.8. The van der Waals surface area contributed by atoms with Crippen LogP contribution in [0.5, 0.6) is 0 Å². The van der Waals surface area contributed by atoms with Crippen molar-refractivity contribution in [2.75, 3.05) is 18.2 Å². The van der Waals surface area contributed by atoms with Gasteiger partial charge in [-0.25, -0.2) is 4.68 Å². The molecule has 2 heterocycles. The van der Waals surface area contributed by atoms with Crippen LogP contribution in [-0.2, 0) is 6.18 Å². The molecule has 1 amide bonds. The Morgan fingerprint density at radius 3 is 2.59 bits per heavy atom. The molecule has 9 heteroatoms. The van der Waals surface area contributed by atoms with Gasteiger partial charge in [-0.05, 0) is 36.4 Å². The maximum absolute atomic E-state index is 13.2. The normalized spacial score (nSPS) is 14.4. The molecule has 0 unspecified atom stereocenters. The zero-order chi connectivity index (χ0) is 20.6. The lowest BCUT2D eigenvalue weighted by atomic mass is 10.1. The number of nitrogens with zero attached hydrogens (tertiary/aromatic N) is 3. The highest BCUT2D eigenvalue weighted by Crippen LogP contribution is 2.33. The molecule has 1 aliphatic rings. The fraction of sp³-hybridized carbons (Fsp3) is 0.200. The van der Waals surface area contributed by atoms with Gasteiger partial charge in [-0.1, -0.05) is 29.8 Å². The molecule has 1 saturated heterocycles. The summed E-state index contributed by atoms with van der Waals surface area (Å²) in [5.74, 6) is 1.17. The molecule has 3 aromatic rings. The van der Waals surface area contributed by atoms with E-state index in [0.717, 1.165) is 17.9 Å². The third-order valence-electron chi connectivity index (χ3n) is 4.51. The van der Waals surface area contributed by atoms with Gasteiger partial charge in [0.15, 0.2) is 5.69 Å². The van der Waals surface area contributed by atoms with Crippen molar-refractivity contribution in [3.8, 4) is 16.9 Å². The van der Waals surface area contributed by atoms with Gasteiger partial charge in [0.05, 0.1) is 22.8 Å². The number of halogens is 4. The van der Waals surface area contributed by atoms with Crippen LogP contribution in [0.2, 0.25) is 5.02 Å². The Labute approximate surface area is 174 Å². The van der Waals surface area contributed by atoms with Gasteiger partial charge in [0.2, 0.25) is 0 Å². The number of carbonyl (C=O) groups excluding carboxylic acids is 1. The quantitative estimate of drug-likeness (QED) is 0.553. The summed E-state index contributed by atoms with van der Waals surface area (Å²) < 4.78 is 41.0. The predicted octanol–water partition coefficient (Wildman–Crippen LogP) is 5.36. The summed E-state index contributed by atoms with van der Waals surface area (Å²) in [7, 11) is 0. The van der Waals surface area contributed by atoms with Crippen molar-refractivity contribution in [2.24, 2.45) is 0 Å². The standard InChI is InChI=1S/C20H15ClF3N3OS/c21-15-5-2-6-16(10-15)27-18(13-3-1-4-14(9-13)20(22,23)24)11-17(25-27)19(28)26-7-8-29-12-26/h1-6,9-11H,7-8,12H2. The first kappa shape index (κ1) is 19.8. The van der Waals surface area contributed by atoms with Gasteiger partial charge in [-0.15, -0.1) is 11.8 Å². The van der Waals surface area contributed by atoms with Crippen molar-refractivity contribution in [1.82, 2.24) is 14.7 Å². The zero-order valence-electron chi connectivity index (χ0n) is 15.0. The molecule has 150 valence electrons. The molecule has 4 rings (SSSR count). The number of hydrogen-bond donors (Lipinski definition) is 0. The van der Waals surface area contributed by atoms with Gasteiger partial charge in [0, 0.05) is 22.9 Å². The molecule has 1 fully saturated rings. The minimum Gasteiger partial charge on any atom is -0.327 e. The van der Waals surface area contributed by atoms with Crippen LogP contribution in [0.25, 0.3) is 16.9 Å². The second-order valence-electron chi connectivity index (χ2n) is 6.49. The van der Waals surface area contributed by atoms with Gasteiger partial charge in [0.1, 0.15) is 0 Å². The second kappa shape index (κ2) is 7.76. The lowest BCUT2D eigenvalue weighted by Crippen LogP contribution is -2.28. The monoisotopic (exact) mass is 437 g/mol. The van der Waals surface area contributed by atoms with Crippen molar-refractivity contribution >= 4 is 29.3 Å². The van der Waals surface area contributed by atoms with Gasteiger partial charge in [0.25, 0.3) is 5.91 Å². The van der Waals surface area contributed by atoms with E-state index in [4.69, 9.17) is 11.6 Å². The van der Waals surface area contributed by atoms with Crippen LogP contribution in [0.15, 0.2) is 54.6 Å². The number of amides is 1. The summed E-state index contributed by atoms with van der Waals surface area (Å²) in [5.41, 5.74) is 0.660. The molecule has 29 heavy (non-hydrogen) atoms. The van der Waals surface area contributed by atoms with Crippen molar-refractivity contribution in [1.29, 1.82) is 0 Å². The third kappa shape index (κ3) is 4.13. The van der Waals surface area contributed by atoms with E-state index in [1.807, 2.05) is 0 Å². The van der Waals surface area contributed by atoms with Crippen LogP contribution >= 0.6 is 23.4 Å². The molecular formula is C20H15ClF3N3OS. The molecule has 0 atom stereocenters. The molecule has 1 aromatic heterocycles. The van der Waals surface area contributed by atoms with Crippen molar-refractivity contribution < 1.29 is 18.0 Å². The molecule has 4 nitrogen and oxygen atoms in total. The lowest BCUT2D eigenvalue weighted by Gasteiger charge is -2.12. The van der Waals surface area contributed by atoms with E-state index in [1.54, 1.807) is 47.0 Å². The highest BCUT2D eigenvalue weighted by Gasteiger charge is 2.31. The van der Waals surface area contributed by atoms with E-state index in [9.17, 15) is 18.0 Å². The number of carbonyl (C=O) groups is 1. The van der Waals surface area contributed by atoms with Crippen LogP contribution < -0.4 is 0 Å². The Bertz CT molecular complexity index is 1060. The number of hydrogen-bond acceptors (Lipinski definition) is 3. The molecule has 2 aromatic carbocycles. The SMILES string of the molecule is O=C(c1cc(-c2cccc(C(F)(F)F)c2)n(-c2cccc(Cl)c2)n1)N1CCSC1. The van der Waals surface area contributed by atoms with Crippen LogP contribution in [0.1, 0.15) is 16.1 Å². The molecule has 0 N–H and O–H groups in total. The first-order valence-electron chi connectivity index (χ1n) is 8.73. The number of benzene rings is 2. The number of thioether (sulfide) groups is 1. The lowest BCUT2D eigenvalue weighted by molar-refractivity contribution is -0.137. The van der Waals surface area contributed by atoms with Crippen LogP contribution in [-0.4, -0.2) is 38.8 Å². The third-order valence-corrected chi connectivity index (χ3v) is 5.71. The number of alkyl halides is 3. The van der Waals surface area contributed by atoms with Gasteiger partial charge < -0.3 is 4.90 Å². The van der Waals surface area contributed by atoms with E-state index in [2.05, 4.69) is 5.10 Å². The Balaban J connectivity index is 1.84. The fourth-order valence-electron chi connectivity index (χ4n) is 3.09. The highest BCUT2D eigenvalue weighted by molar-refractivity contribution is 7.99. The van der Waals surface area contributed by atoms with Gasteiger partial charge in [-0.3, -0.25) is 4.79 Å². The molecule has 1 aliphatic heterocycles. The van der Waals surface area contributed by atoms with E-state index in [0.29, 0.717) is 34.4 Å². The molecule has 0 spiro atoms. The molecule has 0 radical (unpaired) electrons. The van der Waals surface area contributed by atoms with E-state index in [-0.39, 0.29) is 11.6 Å². The Morgan fingerprint density at radius 2 is 1.90 bits per heavy atom. The van der Waals surface area contributed by atoms with Crippen molar-refractivity contribution in [3.63, 3.8) is 0 Å². The maximum atomic E-state index is 13.2. The summed E-state index contributed by atoms with van der Waals surface area (Å²) in [6.45, 7) is 0.617. The summed E-state index contributed by atoms with van der Waals surface area (Å²) in [6.07, 6.45) is -4.47. The molecular weight excluding hydrogens is 423 g/mol. The first-order valence-corrected chi connectivity index (χ1v) is 10.3. The van der Waals surface area contributed by atoms with E-state index < -0.39 is 11.7 Å². The minimum absolute atomic E-state index is 0.180. The van der Waals surface area contributed by atoms with E-state index >= 15 is 0 Å². The largest absolute Gasteiger partial charge is 0.416 e. The summed E-state index contributed by atoms with van der Waals surface area (Å²) in [4.78, 5) is 14.5. The zero-order valence-corrected chi connectivity index (χ0v) is 16.6. The molecule has 0 bridgehead atoms. The molecule has 0 aliphatic carbocycles. The number of rotatable bonds is 3. The average molecular weight is 438 g/mol. The van der Waals surface area contributed by atoms with E-state index in [1.165, 1.54) is 16.8 Å². The van der Waals surface area contributed by atoms with Crippen LogP contribution in [0, 0.1) is 0 Å². The Morgan fingerprint density at radius 1 is 1.10 bits per heavy atom. The smallest absolute Gasteiger partial charge is 0.327 e. The van der Waals surface area contributed by atoms with Gasteiger partial charge >= 0.3 is 6.18 Å². The average Bonchev–Trinajstić information content (AvgIpc) is 3.37. The summed E-state index contributed by atoms with van der Waals surface area (Å²) in [5, 5.41) is 4.87. The highest BCUT2D eigenvalue weighted by atomic mass is 35.5. The fourth-order valence-corrected chi connectivity index (χ4v) is 4.22. The van der Waals surface area contributed by atoms with Crippen LogP contribution in [0.4, 0.5) is 13.2 Å². The summed E-state index contributed by atoms with van der Waals surface area (Å²) >= 11 is 7.73. The number of aromatic nitrogens is 2. The van der Waals surface area contributed by atoms with Crippen molar-refractivity contribution in [2.45, 2.75) is 6.18 Å². The van der Waals surface area contributed by atoms with Crippen molar-refractivity contribution in [3.05, 3.63) is 70.9 Å².